The van der Waals surface area contributed by atoms with Crippen LogP contribution in [0.2, 0.25) is 0 Å². The minimum absolute atomic E-state index is 0.285. The highest BCUT2D eigenvalue weighted by Crippen LogP contribution is 2.02. The van der Waals surface area contributed by atoms with Gasteiger partial charge in [-0.2, -0.15) is 5.01 Å². The molecule has 0 aliphatic heterocycles. The number of aromatic amines is 1. The van der Waals surface area contributed by atoms with Crippen molar-refractivity contribution in [2.24, 2.45) is 0 Å². The Morgan fingerprint density at radius 2 is 1.74 bits per heavy atom. The van der Waals surface area contributed by atoms with Crippen molar-refractivity contribution >= 4 is 0 Å². The summed E-state index contributed by atoms with van der Waals surface area (Å²) in [6.07, 6.45) is 4.64. The number of nitrogens with one attached hydrogen (secondary N) is 1. The highest BCUT2D eigenvalue weighted by molar-refractivity contribution is 4.84. The molecule has 6 nitrogen and oxygen atoms in total. The largest absolute Gasteiger partial charge is 0.434 e. The molecule has 1 aromatic heterocycles. The van der Waals surface area contributed by atoms with Crippen molar-refractivity contribution in [2.45, 2.75) is 46.1 Å². The molecule has 0 fully saturated rings. The van der Waals surface area contributed by atoms with Crippen molar-refractivity contribution in [2.75, 3.05) is 32.2 Å². The fourth-order valence-electron chi connectivity index (χ4n) is 1.98. The molecule has 0 saturated heterocycles. The van der Waals surface area contributed by atoms with Gasteiger partial charge in [0.1, 0.15) is 0 Å². The minimum atomic E-state index is -0.285. The average Bonchev–Trinajstić information content (AvgIpc) is 2.74. The van der Waals surface area contributed by atoms with Crippen LogP contribution in [0.3, 0.4) is 0 Å². The lowest BCUT2D eigenvalue weighted by Crippen LogP contribution is -2.58. The Labute approximate surface area is 114 Å². The van der Waals surface area contributed by atoms with E-state index in [1.54, 1.807) is 9.80 Å². The molecule has 0 aromatic carbocycles. The Morgan fingerprint density at radius 3 is 2.21 bits per heavy atom. The zero-order valence-corrected chi connectivity index (χ0v) is 12.6. The van der Waals surface area contributed by atoms with Gasteiger partial charge in [-0.3, -0.25) is 9.42 Å². The Bertz CT molecular complexity index is 403. The van der Waals surface area contributed by atoms with Gasteiger partial charge in [0.05, 0.1) is 20.6 Å². The first kappa shape index (κ1) is 15.8. The van der Waals surface area contributed by atoms with E-state index >= 15 is 0 Å². The van der Waals surface area contributed by atoms with Crippen LogP contribution in [0.1, 0.15) is 45.2 Å². The zero-order valence-electron chi connectivity index (χ0n) is 12.6. The summed E-state index contributed by atoms with van der Waals surface area (Å²) < 4.78 is 4.88. The van der Waals surface area contributed by atoms with Gasteiger partial charge in [0.2, 0.25) is 0 Å². The van der Waals surface area contributed by atoms with Crippen molar-refractivity contribution in [3.8, 4) is 0 Å². The lowest BCUT2D eigenvalue weighted by Gasteiger charge is -2.19. The maximum atomic E-state index is 11.8. The lowest BCUT2D eigenvalue weighted by molar-refractivity contribution is -0.760. The third kappa shape index (κ3) is 4.70. The van der Waals surface area contributed by atoms with Crippen LogP contribution < -0.4 is 15.4 Å². The van der Waals surface area contributed by atoms with E-state index < -0.39 is 0 Å². The Balaban J connectivity index is 2.76. The van der Waals surface area contributed by atoms with Gasteiger partial charge in [-0.05, 0) is 25.9 Å². The molecule has 0 spiro atoms. The molecule has 1 N–H and O–H groups in total. The van der Waals surface area contributed by atoms with Crippen LogP contribution in [0.4, 0.5) is 0 Å². The first-order valence-corrected chi connectivity index (χ1v) is 7.12. The van der Waals surface area contributed by atoms with E-state index in [2.05, 4.69) is 24.0 Å². The number of aromatic nitrogens is 2. The SMILES string of the molecule is CCCCN(CCCC)Cc1c(=O)o[nH][n+]1N(C)C. The fourth-order valence-corrected chi connectivity index (χ4v) is 1.98. The van der Waals surface area contributed by atoms with Crippen molar-refractivity contribution in [3.05, 3.63) is 16.1 Å². The van der Waals surface area contributed by atoms with E-state index in [0.29, 0.717) is 12.2 Å². The smallest absolute Gasteiger partial charge is 0.293 e. The van der Waals surface area contributed by atoms with Gasteiger partial charge in [0.25, 0.3) is 0 Å². The van der Waals surface area contributed by atoms with Gasteiger partial charge in [0.15, 0.2) is 0 Å². The molecule has 0 unspecified atom stereocenters. The predicted octanol–water partition coefficient (Wildman–Crippen LogP) is 0.855. The monoisotopic (exact) mass is 271 g/mol. The molecule has 0 saturated carbocycles. The highest BCUT2D eigenvalue weighted by atomic mass is 16.5. The van der Waals surface area contributed by atoms with Crippen molar-refractivity contribution < 1.29 is 9.31 Å². The summed E-state index contributed by atoms with van der Waals surface area (Å²) in [5.41, 5.74) is 0.365. The fraction of sp³-hybridized carbons (Fsp3) is 0.846. The molecule has 0 aliphatic rings. The second-order valence-corrected chi connectivity index (χ2v) is 5.07. The molecule has 110 valence electrons. The Hall–Kier alpha value is -1.30. The Kier molecular flexibility index (Phi) is 6.62. The zero-order chi connectivity index (χ0) is 14.3. The van der Waals surface area contributed by atoms with Crippen LogP contribution in [-0.4, -0.2) is 37.4 Å². The highest BCUT2D eigenvalue weighted by Gasteiger charge is 2.25. The standard InChI is InChI=1S/C13H26N4O2/c1-5-7-9-16(10-8-6-2)11-12-13(18)19-14-17(12)15(3)4/h5-11H2,1-4H3/p+1. The van der Waals surface area contributed by atoms with Crippen LogP contribution in [0, 0.1) is 0 Å². The van der Waals surface area contributed by atoms with Crippen molar-refractivity contribution in [1.82, 2.24) is 10.2 Å². The second kappa shape index (κ2) is 7.99. The molecule has 1 aromatic rings. The van der Waals surface area contributed by atoms with Gasteiger partial charge < -0.3 is 0 Å². The quantitative estimate of drug-likeness (QED) is 0.677. The van der Waals surface area contributed by atoms with E-state index in [9.17, 15) is 4.79 Å². The van der Waals surface area contributed by atoms with E-state index in [-0.39, 0.29) is 5.63 Å². The molecule has 0 bridgehead atoms. The average molecular weight is 271 g/mol. The predicted molar refractivity (Wildman–Crippen MR) is 74.7 cm³/mol. The van der Waals surface area contributed by atoms with E-state index in [1.165, 1.54) is 0 Å². The molecular weight excluding hydrogens is 244 g/mol. The molecule has 0 atom stereocenters. The minimum Gasteiger partial charge on any atom is -0.293 e. The van der Waals surface area contributed by atoms with Gasteiger partial charge in [-0.25, -0.2) is 4.79 Å². The summed E-state index contributed by atoms with van der Waals surface area (Å²) in [5, 5.41) is 4.42. The van der Waals surface area contributed by atoms with Crippen LogP contribution in [0.5, 0.6) is 0 Å². The van der Waals surface area contributed by atoms with Crippen LogP contribution in [-0.2, 0) is 6.54 Å². The lowest BCUT2D eigenvalue weighted by atomic mass is 10.2. The summed E-state index contributed by atoms with van der Waals surface area (Å²) in [4.78, 5) is 15.7. The molecule has 19 heavy (non-hydrogen) atoms. The van der Waals surface area contributed by atoms with E-state index in [4.69, 9.17) is 4.52 Å². The Morgan fingerprint density at radius 1 is 1.16 bits per heavy atom. The third-order valence-electron chi connectivity index (χ3n) is 3.15. The summed E-state index contributed by atoms with van der Waals surface area (Å²) in [7, 11) is 3.74. The number of unbranched alkanes of at least 4 members (excludes halogenated alkanes) is 2. The van der Waals surface area contributed by atoms with Gasteiger partial charge in [-0.1, -0.05) is 26.7 Å². The van der Waals surface area contributed by atoms with Crippen LogP contribution in [0.15, 0.2) is 9.32 Å². The molecule has 0 radical (unpaired) electrons. The third-order valence-corrected chi connectivity index (χ3v) is 3.15. The maximum Gasteiger partial charge on any atom is 0.434 e. The molecule has 1 rings (SSSR count). The molecular formula is C13H27N4O2+. The summed E-state index contributed by atoms with van der Waals surface area (Å²) in [5.74, 6) is 0. The van der Waals surface area contributed by atoms with Crippen molar-refractivity contribution in [3.63, 3.8) is 0 Å². The first-order chi connectivity index (χ1) is 9.10. The number of hydrogen-bond donors (Lipinski definition) is 1. The van der Waals surface area contributed by atoms with Crippen LogP contribution >= 0.6 is 0 Å². The van der Waals surface area contributed by atoms with E-state index in [1.807, 2.05) is 14.1 Å². The van der Waals surface area contributed by atoms with Crippen molar-refractivity contribution in [1.29, 1.82) is 0 Å². The maximum absolute atomic E-state index is 11.8. The topological polar surface area (TPSA) is 56.4 Å². The number of rotatable bonds is 9. The molecule has 0 amide bonds. The van der Waals surface area contributed by atoms with Gasteiger partial charge >= 0.3 is 11.3 Å². The first-order valence-electron chi connectivity index (χ1n) is 7.12. The number of nitrogens with zero attached hydrogens (tertiary/aromatic N) is 3. The summed E-state index contributed by atoms with van der Waals surface area (Å²) in [6, 6.07) is 0. The normalized spacial score (nSPS) is 11.2. The molecule has 1 heterocycles. The number of hydrogen-bond acceptors (Lipinski definition) is 4. The van der Waals surface area contributed by atoms with Crippen LogP contribution in [0.25, 0.3) is 0 Å². The van der Waals surface area contributed by atoms with Gasteiger partial charge in [-0.15, -0.1) is 0 Å². The second-order valence-electron chi connectivity index (χ2n) is 5.07. The van der Waals surface area contributed by atoms with E-state index in [0.717, 1.165) is 38.8 Å². The summed E-state index contributed by atoms with van der Waals surface area (Å²) >= 11 is 0. The van der Waals surface area contributed by atoms with Gasteiger partial charge in [0, 0.05) is 10.1 Å². The molecule has 0 aliphatic carbocycles. The summed E-state index contributed by atoms with van der Waals surface area (Å²) in [6.45, 7) is 7.04. The molecule has 6 heteroatoms. The number of H-pyrrole nitrogens is 1.